The topological polar surface area (TPSA) is 113 Å². The van der Waals surface area contributed by atoms with E-state index in [0.29, 0.717) is 24.5 Å². The molecule has 1 saturated heterocycles. The Hall–Kier alpha value is -4.14. The van der Waals surface area contributed by atoms with Crippen molar-refractivity contribution in [2.24, 2.45) is 11.7 Å². The number of rotatable bonds is 7. The van der Waals surface area contributed by atoms with Gasteiger partial charge in [0.2, 0.25) is 5.91 Å². The van der Waals surface area contributed by atoms with E-state index in [1.807, 2.05) is 50.2 Å². The van der Waals surface area contributed by atoms with Gasteiger partial charge in [-0.15, -0.1) is 0 Å². The second kappa shape index (κ2) is 10.6. The van der Waals surface area contributed by atoms with Crippen LogP contribution in [0.5, 0.6) is 5.75 Å². The molecule has 1 atom stereocenters. The molecule has 6 rings (SSSR count). The third kappa shape index (κ3) is 4.74. The molecule has 2 aromatic heterocycles. The van der Waals surface area contributed by atoms with Crippen molar-refractivity contribution in [3.05, 3.63) is 82.7 Å². The smallest absolute Gasteiger partial charge is 0.249 e. The zero-order valence-electron chi connectivity index (χ0n) is 24.7. The van der Waals surface area contributed by atoms with E-state index in [2.05, 4.69) is 27.9 Å². The van der Waals surface area contributed by atoms with Crippen LogP contribution in [-0.2, 0) is 10.3 Å². The van der Waals surface area contributed by atoms with Gasteiger partial charge in [-0.1, -0.05) is 29.4 Å². The molecule has 3 heterocycles. The number of carbonyl (C=O) groups is 1. The zero-order chi connectivity index (χ0) is 29.8. The number of nitrogens with two attached hydrogens (primary N) is 1. The first-order valence-electron chi connectivity index (χ1n) is 14.4. The van der Waals surface area contributed by atoms with Crippen LogP contribution in [0.3, 0.4) is 0 Å². The molecule has 1 fully saturated rings. The van der Waals surface area contributed by atoms with Gasteiger partial charge in [-0.2, -0.15) is 0 Å². The largest absolute Gasteiger partial charge is 0.497 e. The molecule has 1 aliphatic rings. The summed E-state index contributed by atoms with van der Waals surface area (Å²) in [6.45, 7) is 8.70. The van der Waals surface area contributed by atoms with Crippen molar-refractivity contribution in [2.45, 2.75) is 52.2 Å². The quantitative estimate of drug-likeness (QED) is 0.235. The summed E-state index contributed by atoms with van der Waals surface area (Å²) in [7, 11) is 1.66. The van der Waals surface area contributed by atoms with E-state index < -0.39 is 11.5 Å². The molecule has 0 aliphatic carbocycles. The normalized spacial score (nSPS) is 15.4. The molecule has 42 heavy (non-hydrogen) atoms. The number of aliphatic hydroxyl groups is 1. The van der Waals surface area contributed by atoms with Gasteiger partial charge in [0, 0.05) is 35.1 Å². The van der Waals surface area contributed by atoms with Crippen molar-refractivity contribution in [2.75, 3.05) is 20.3 Å². The summed E-state index contributed by atoms with van der Waals surface area (Å²) in [5, 5.41) is 16.9. The molecule has 1 amide bonds. The molecular weight excluding hydrogens is 530 g/mol. The van der Waals surface area contributed by atoms with Crippen LogP contribution in [0.4, 0.5) is 0 Å². The number of aromatic nitrogens is 2. The number of ether oxygens (including phenoxy) is 2. The van der Waals surface area contributed by atoms with Gasteiger partial charge in [-0.05, 0) is 93.5 Å². The predicted octanol–water partition coefficient (Wildman–Crippen LogP) is 6.42. The van der Waals surface area contributed by atoms with Gasteiger partial charge in [0.1, 0.15) is 11.5 Å². The van der Waals surface area contributed by atoms with Crippen molar-refractivity contribution in [1.82, 2.24) is 9.72 Å². The molecule has 3 N–H and O–H groups in total. The van der Waals surface area contributed by atoms with Gasteiger partial charge < -0.3 is 29.4 Å². The summed E-state index contributed by atoms with van der Waals surface area (Å²) in [4.78, 5) is 13.1. The SMILES string of the molecule is COc1ccc(C(C2CCOCC2)n2c3cc(C(C)(C)O)ccc3c3c(C(N)=O)cc(-c4c(C)noc4C)cc32)cc1. The molecule has 1 aliphatic heterocycles. The van der Waals surface area contributed by atoms with Crippen LogP contribution in [0.15, 0.2) is 59.1 Å². The average molecular weight is 568 g/mol. The molecular formula is C34H37N3O5. The van der Waals surface area contributed by atoms with Gasteiger partial charge in [0.05, 0.1) is 35.5 Å². The maximum Gasteiger partial charge on any atom is 0.249 e. The van der Waals surface area contributed by atoms with Crippen molar-refractivity contribution < 1.29 is 23.9 Å². The second-order valence-corrected chi connectivity index (χ2v) is 11.8. The lowest BCUT2D eigenvalue weighted by atomic mass is 9.86. The first kappa shape index (κ1) is 28.0. The van der Waals surface area contributed by atoms with Gasteiger partial charge >= 0.3 is 0 Å². The minimum atomic E-state index is -1.06. The third-order valence-corrected chi connectivity index (χ3v) is 8.65. The Balaban J connectivity index is 1.76. The average Bonchev–Trinajstić information content (AvgIpc) is 3.48. The van der Waals surface area contributed by atoms with Crippen molar-refractivity contribution >= 4 is 27.7 Å². The minimum absolute atomic E-state index is 0.0856. The number of aryl methyl sites for hydroxylation is 2. The van der Waals surface area contributed by atoms with E-state index in [1.165, 1.54) is 0 Å². The van der Waals surface area contributed by atoms with Gasteiger partial charge in [-0.25, -0.2) is 0 Å². The summed E-state index contributed by atoms with van der Waals surface area (Å²) in [5.41, 5.74) is 11.6. The number of nitrogens with zero attached hydrogens (tertiary/aromatic N) is 2. The number of amides is 1. The Labute approximate surface area is 245 Å². The standard InChI is InChI=1S/C34H37N3O5/c1-19-30(20(2)42-36-19)23-16-27(33(35)38)31-26-11-8-24(34(3,4)39)18-28(26)37(29(31)17-23)32(22-12-14-41-15-13-22)21-6-9-25(40-5)10-7-21/h6-11,16-18,22,32,39H,12-15H2,1-5H3,(H2,35,38). The summed E-state index contributed by atoms with van der Waals surface area (Å²) >= 11 is 0. The highest BCUT2D eigenvalue weighted by molar-refractivity contribution is 6.19. The fourth-order valence-corrected chi connectivity index (χ4v) is 6.55. The minimum Gasteiger partial charge on any atom is -0.497 e. The van der Waals surface area contributed by atoms with Crippen LogP contribution in [0.1, 0.15) is 65.7 Å². The van der Waals surface area contributed by atoms with Gasteiger partial charge in [-0.3, -0.25) is 4.79 Å². The van der Waals surface area contributed by atoms with E-state index in [1.54, 1.807) is 21.0 Å². The maximum absolute atomic E-state index is 13.1. The Morgan fingerprint density at radius 3 is 2.38 bits per heavy atom. The number of hydrogen-bond donors (Lipinski definition) is 2. The fourth-order valence-electron chi connectivity index (χ4n) is 6.55. The lowest BCUT2D eigenvalue weighted by Crippen LogP contribution is -2.27. The first-order valence-corrected chi connectivity index (χ1v) is 14.4. The molecule has 218 valence electrons. The second-order valence-electron chi connectivity index (χ2n) is 11.8. The van der Waals surface area contributed by atoms with Crippen molar-refractivity contribution in [3.63, 3.8) is 0 Å². The number of fused-ring (bicyclic) bond motifs is 3. The number of methoxy groups -OCH3 is 1. The molecule has 8 heteroatoms. The Kier molecular flexibility index (Phi) is 7.07. The molecule has 0 bridgehead atoms. The van der Waals surface area contributed by atoms with Crippen molar-refractivity contribution in [3.8, 4) is 16.9 Å². The fraction of sp³-hybridized carbons (Fsp3) is 0.353. The highest BCUT2D eigenvalue weighted by atomic mass is 16.5. The summed E-state index contributed by atoms with van der Waals surface area (Å²) in [5.74, 6) is 1.21. The Morgan fingerprint density at radius 2 is 1.79 bits per heavy atom. The van der Waals surface area contributed by atoms with Crippen LogP contribution >= 0.6 is 0 Å². The van der Waals surface area contributed by atoms with Crippen LogP contribution in [0.25, 0.3) is 32.9 Å². The van der Waals surface area contributed by atoms with E-state index >= 15 is 0 Å². The van der Waals surface area contributed by atoms with E-state index in [9.17, 15) is 9.90 Å². The molecule has 0 radical (unpaired) electrons. The number of carbonyl (C=O) groups excluding carboxylic acids is 1. The first-order chi connectivity index (χ1) is 20.1. The molecule has 5 aromatic rings. The van der Waals surface area contributed by atoms with Gasteiger partial charge in [0.15, 0.2) is 0 Å². The monoisotopic (exact) mass is 567 g/mol. The lowest BCUT2D eigenvalue weighted by molar-refractivity contribution is 0.0552. The number of benzene rings is 3. The Bertz CT molecular complexity index is 1770. The molecule has 0 spiro atoms. The van der Waals surface area contributed by atoms with E-state index in [0.717, 1.165) is 68.3 Å². The van der Waals surface area contributed by atoms with Crippen LogP contribution in [-0.4, -0.2) is 41.1 Å². The molecule has 3 aromatic carbocycles. The number of hydrogen-bond acceptors (Lipinski definition) is 6. The predicted molar refractivity (Wildman–Crippen MR) is 163 cm³/mol. The zero-order valence-corrected chi connectivity index (χ0v) is 24.7. The molecule has 1 unspecified atom stereocenters. The Morgan fingerprint density at radius 1 is 1.07 bits per heavy atom. The highest BCUT2D eigenvalue weighted by Crippen LogP contribution is 2.44. The molecule has 8 nitrogen and oxygen atoms in total. The van der Waals surface area contributed by atoms with E-state index in [-0.39, 0.29) is 12.0 Å². The van der Waals surface area contributed by atoms with Crippen LogP contribution < -0.4 is 10.5 Å². The molecule has 0 saturated carbocycles. The van der Waals surface area contributed by atoms with E-state index in [4.69, 9.17) is 19.7 Å². The lowest BCUT2D eigenvalue weighted by Gasteiger charge is -2.33. The van der Waals surface area contributed by atoms with Crippen LogP contribution in [0.2, 0.25) is 0 Å². The number of primary amides is 1. The highest BCUT2D eigenvalue weighted by Gasteiger charge is 2.32. The summed E-state index contributed by atoms with van der Waals surface area (Å²) in [6, 6.07) is 18.1. The third-order valence-electron chi connectivity index (χ3n) is 8.65. The van der Waals surface area contributed by atoms with Crippen LogP contribution in [0, 0.1) is 19.8 Å². The summed E-state index contributed by atoms with van der Waals surface area (Å²) in [6.07, 6.45) is 1.77. The summed E-state index contributed by atoms with van der Waals surface area (Å²) < 4.78 is 19.1. The van der Waals surface area contributed by atoms with Gasteiger partial charge in [0.25, 0.3) is 0 Å². The van der Waals surface area contributed by atoms with Crippen molar-refractivity contribution in [1.29, 1.82) is 0 Å². The maximum atomic E-state index is 13.1.